The van der Waals surface area contributed by atoms with Crippen LogP contribution in [0, 0.1) is 0 Å². The zero-order chi connectivity index (χ0) is 25.9. The molecule has 0 aliphatic carbocycles. The van der Waals surface area contributed by atoms with Gasteiger partial charge in [0, 0.05) is 29.8 Å². The minimum absolute atomic E-state index is 0. The number of methoxy groups -OCH3 is 2. The highest BCUT2D eigenvalue weighted by atomic mass is 35.5. The SMILES string of the molecule is COc1cc2c(cc1OC)C(C)(C)/C=C\N(CCCC1(c3ccccc3)COCc3ccccc31)/C=C\2.Cl. The fourth-order valence-corrected chi connectivity index (χ4v) is 5.77. The summed E-state index contributed by atoms with van der Waals surface area (Å²) in [6, 6.07) is 23.8. The summed E-state index contributed by atoms with van der Waals surface area (Å²) < 4.78 is 17.3. The molecule has 0 radical (unpaired) electrons. The van der Waals surface area contributed by atoms with Crippen LogP contribution in [0.3, 0.4) is 0 Å². The zero-order valence-corrected chi connectivity index (χ0v) is 23.6. The van der Waals surface area contributed by atoms with E-state index in [1.807, 2.05) is 0 Å². The Morgan fingerprint density at radius 3 is 2.34 bits per heavy atom. The fraction of sp³-hybridized carbons (Fsp3) is 0.333. The van der Waals surface area contributed by atoms with E-state index in [1.165, 1.54) is 22.3 Å². The monoisotopic (exact) mass is 531 g/mol. The normalized spacial score (nSPS) is 21.1. The summed E-state index contributed by atoms with van der Waals surface area (Å²) in [6.07, 6.45) is 10.9. The largest absolute Gasteiger partial charge is 0.493 e. The Hall–Kier alpha value is -3.21. The molecule has 4 nitrogen and oxygen atoms in total. The molecule has 0 fully saturated rings. The van der Waals surface area contributed by atoms with Crippen LogP contribution in [0.25, 0.3) is 6.08 Å². The highest BCUT2D eigenvalue weighted by Crippen LogP contribution is 2.42. The minimum atomic E-state index is -0.153. The van der Waals surface area contributed by atoms with Gasteiger partial charge >= 0.3 is 0 Å². The lowest BCUT2D eigenvalue weighted by atomic mass is 9.69. The number of hydrogen-bond donors (Lipinski definition) is 0. The Morgan fingerprint density at radius 1 is 0.868 bits per heavy atom. The van der Waals surface area contributed by atoms with Gasteiger partial charge in [0.15, 0.2) is 11.5 Å². The first-order chi connectivity index (χ1) is 18.0. The minimum Gasteiger partial charge on any atom is -0.493 e. The summed E-state index contributed by atoms with van der Waals surface area (Å²) in [6.45, 7) is 6.80. The van der Waals surface area contributed by atoms with Gasteiger partial charge in [-0.1, -0.05) is 74.5 Å². The molecule has 1 unspecified atom stereocenters. The molecule has 0 bridgehead atoms. The Labute approximate surface area is 233 Å². The molecule has 2 aliphatic rings. The molecule has 200 valence electrons. The van der Waals surface area contributed by atoms with Crippen molar-refractivity contribution in [1.82, 2.24) is 4.90 Å². The molecule has 1 atom stereocenters. The van der Waals surface area contributed by atoms with Crippen LogP contribution in [-0.4, -0.2) is 32.3 Å². The van der Waals surface area contributed by atoms with Gasteiger partial charge in [0.2, 0.25) is 0 Å². The van der Waals surface area contributed by atoms with Crippen molar-refractivity contribution in [3.63, 3.8) is 0 Å². The van der Waals surface area contributed by atoms with Gasteiger partial charge in [0.1, 0.15) is 0 Å². The number of hydrogen-bond acceptors (Lipinski definition) is 4. The van der Waals surface area contributed by atoms with E-state index in [9.17, 15) is 0 Å². The fourth-order valence-electron chi connectivity index (χ4n) is 5.77. The van der Waals surface area contributed by atoms with Crippen LogP contribution in [0.15, 0.2) is 85.2 Å². The number of nitrogens with zero attached hydrogens (tertiary/aromatic N) is 1. The van der Waals surface area contributed by atoms with E-state index < -0.39 is 0 Å². The summed E-state index contributed by atoms with van der Waals surface area (Å²) >= 11 is 0. The van der Waals surface area contributed by atoms with Crippen molar-refractivity contribution in [2.45, 2.75) is 44.1 Å². The first kappa shape index (κ1) is 27.8. The van der Waals surface area contributed by atoms with Crippen molar-refractivity contribution >= 4 is 18.5 Å². The van der Waals surface area contributed by atoms with Crippen molar-refractivity contribution in [2.24, 2.45) is 0 Å². The third kappa shape index (κ3) is 5.34. The molecular formula is C33H38ClNO3. The third-order valence-corrected chi connectivity index (χ3v) is 7.86. The number of allylic oxidation sites excluding steroid dienone is 1. The Balaban J connectivity index is 0.00000336. The highest BCUT2D eigenvalue weighted by Gasteiger charge is 2.38. The zero-order valence-electron chi connectivity index (χ0n) is 22.8. The third-order valence-electron chi connectivity index (χ3n) is 7.86. The quantitative estimate of drug-likeness (QED) is 0.316. The summed E-state index contributed by atoms with van der Waals surface area (Å²) in [4.78, 5) is 2.30. The van der Waals surface area contributed by atoms with Crippen LogP contribution >= 0.6 is 12.4 Å². The predicted octanol–water partition coefficient (Wildman–Crippen LogP) is 7.50. The van der Waals surface area contributed by atoms with Gasteiger partial charge in [-0.15, -0.1) is 12.4 Å². The second-order valence-corrected chi connectivity index (χ2v) is 10.6. The number of benzene rings is 3. The lowest BCUT2D eigenvalue weighted by Gasteiger charge is -2.40. The molecule has 3 aromatic carbocycles. The summed E-state index contributed by atoms with van der Waals surface area (Å²) in [5.41, 5.74) is 6.11. The topological polar surface area (TPSA) is 30.9 Å². The van der Waals surface area contributed by atoms with E-state index in [2.05, 4.69) is 110 Å². The smallest absolute Gasteiger partial charge is 0.161 e. The van der Waals surface area contributed by atoms with Crippen molar-refractivity contribution in [2.75, 3.05) is 27.4 Å². The van der Waals surface area contributed by atoms with Gasteiger partial charge in [-0.05, 0) is 58.9 Å². The molecule has 5 rings (SSSR count). The van der Waals surface area contributed by atoms with Crippen LogP contribution in [0.1, 0.15) is 54.5 Å². The van der Waals surface area contributed by atoms with Gasteiger partial charge in [-0.2, -0.15) is 0 Å². The van der Waals surface area contributed by atoms with Crippen molar-refractivity contribution < 1.29 is 14.2 Å². The number of halogens is 1. The number of fused-ring (bicyclic) bond motifs is 2. The molecule has 0 aromatic heterocycles. The van der Waals surface area contributed by atoms with E-state index >= 15 is 0 Å². The maximum absolute atomic E-state index is 6.19. The molecule has 5 heteroatoms. The van der Waals surface area contributed by atoms with Crippen LogP contribution in [0.2, 0.25) is 0 Å². The Bertz CT molecular complexity index is 1300. The average molecular weight is 532 g/mol. The molecular weight excluding hydrogens is 494 g/mol. The molecule has 0 spiro atoms. The van der Waals surface area contributed by atoms with Crippen LogP contribution in [0.4, 0.5) is 0 Å². The van der Waals surface area contributed by atoms with Crippen molar-refractivity contribution in [1.29, 1.82) is 0 Å². The van der Waals surface area contributed by atoms with Gasteiger partial charge in [0.05, 0.1) is 27.4 Å². The molecule has 2 heterocycles. The maximum atomic E-state index is 6.19. The molecule has 0 amide bonds. The molecule has 0 saturated heterocycles. The molecule has 3 aromatic rings. The van der Waals surface area contributed by atoms with Crippen molar-refractivity contribution in [3.05, 3.63) is 113 Å². The van der Waals surface area contributed by atoms with Crippen molar-refractivity contribution in [3.8, 4) is 11.5 Å². The maximum Gasteiger partial charge on any atom is 0.161 e. The summed E-state index contributed by atoms with van der Waals surface area (Å²) in [5.74, 6) is 1.51. The van der Waals surface area contributed by atoms with Crippen LogP contribution in [-0.2, 0) is 22.2 Å². The van der Waals surface area contributed by atoms with Gasteiger partial charge < -0.3 is 19.1 Å². The number of ether oxygens (including phenoxy) is 3. The lowest BCUT2D eigenvalue weighted by molar-refractivity contribution is 0.0608. The predicted molar refractivity (Wildman–Crippen MR) is 157 cm³/mol. The van der Waals surface area contributed by atoms with Gasteiger partial charge in [0.25, 0.3) is 0 Å². The Morgan fingerprint density at radius 2 is 1.58 bits per heavy atom. The lowest BCUT2D eigenvalue weighted by Crippen LogP contribution is -2.38. The van der Waals surface area contributed by atoms with E-state index in [-0.39, 0.29) is 23.2 Å². The first-order valence-corrected chi connectivity index (χ1v) is 13.1. The molecule has 2 aliphatic heterocycles. The first-order valence-electron chi connectivity index (χ1n) is 13.1. The average Bonchev–Trinajstić information content (AvgIpc) is 2.93. The second kappa shape index (κ2) is 11.7. The second-order valence-electron chi connectivity index (χ2n) is 10.6. The number of rotatable bonds is 7. The van der Waals surface area contributed by atoms with E-state index in [4.69, 9.17) is 14.2 Å². The molecule has 38 heavy (non-hydrogen) atoms. The Kier molecular flexibility index (Phi) is 8.54. The van der Waals surface area contributed by atoms with Gasteiger partial charge in [-0.25, -0.2) is 0 Å². The summed E-state index contributed by atoms with van der Waals surface area (Å²) in [5, 5.41) is 0. The van der Waals surface area contributed by atoms with Gasteiger partial charge in [-0.3, -0.25) is 0 Å². The van der Waals surface area contributed by atoms with E-state index in [0.717, 1.165) is 36.4 Å². The van der Waals surface area contributed by atoms with E-state index in [0.29, 0.717) is 13.2 Å². The van der Waals surface area contributed by atoms with Crippen LogP contribution in [0.5, 0.6) is 11.5 Å². The standard InChI is InChI=1S/C33H37NO3.ClH/c1-32(2)17-20-34(19-15-25-21-30(35-3)31(36-4)22-29(25)32)18-10-16-33(27-12-6-5-7-13-27)24-37-23-26-11-8-9-14-28(26)33;/h5-9,11-15,17,19-22H,10,16,18,23-24H2,1-4H3;1H/b19-15-,20-17-;. The molecule has 0 N–H and O–H groups in total. The molecule has 0 saturated carbocycles. The summed E-state index contributed by atoms with van der Waals surface area (Å²) in [7, 11) is 3.37. The van der Waals surface area contributed by atoms with Crippen LogP contribution < -0.4 is 9.47 Å². The van der Waals surface area contributed by atoms with E-state index in [1.54, 1.807) is 14.2 Å². The highest BCUT2D eigenvalue weighted by molar-refractivity contribution is 5.85.